The molecule has 5 nitrogen and oxygen atoms in total. The highest BCUT2D eigenvalue weighted by Crippen LogP contribution is 2.19. The largest absolute Gasteiger partial charge is 0.348 e. The van der Waals surface area contributed by atoms with Crippen LogP contribution >= 0.6 is 11.3 Å². The van der Waals surface area contributed by atoms with Crippen LogP contribution in [0.1, 0.15) is 24.0 Å². The van der Waals surface area contributed by atoms with Gasteiger partial charge in [-0.25, -0.2) is 4.39 Å². The number of likely N-dealkylation sites (tertiary alicyclic amines) is 1. The molecule has 2 aromatic rings. The maximum atomic E-state index is 13.5. The quantitative estimate of drug-likeness (QED) is 0.773. The van der Waals surface area contributed by atoms with Crippen molar-refractivity contribution >= 4 is 28.8 Å². The van der Waals surface area contributed by atoms with E-state index in [1.807, 2.05) is 0 Å². The summed E-state index contributed by atoms with van der Waals surface area (Å²) < 4.78 is 13.5. The molecule has 2 heterocycles. The monoisotopic (exact) mass is 389 g/mol. The van der Waals surface area contributed by atoms with Gasteiger partial charge in [-0.05, 0) is 78.9 Å². The normalized spacial score (nSPS) is 15.5. The van der Waals surface area contributed by atoms with Crippen molar-refractivity contribution in [3.05, 3.63) is 52.0 Å². The summed E-state index contributed by atoms with van der Waals surface area (Å²) >= 11 is 1.71. The number of aryl methyl sites for hydroxylation is 1. The fraction of sp³-hybridized carbons (Fsp3) is 0.400. The van der Waals surface area contributed by atoms with Gasteiger partial charge in [0, 0.05) is 18.8 Å². The highest BCUT2D eigenvalue weighted by molar-refractivity contribution is 7.07. The molecule has 144 valence electrons. The highest BCUT2D eigenvalue weighted by atomic mass is 32.1. The molecule has 2 amide bonds. The standard InChI is InChI=1S/C20H24FN3O2S/c1-14-2-3-17(10-18(14)21)23-20(26)19(25)22-11-15-4-7-24(8-5-15)12-16-6-9-27-13-16/h2-3,6,9-10,13,15H,4-5,7-8,11-12H2,1H3,(H,22,25)(H,23,26). The van der Waals surface area contributed by atoms with E-state index < -0.39 is 17.6 Å². The molecule has 27 heavy (non-hydrogen) atoms. The number of piperidine rings is 1. The van der Waals surface area contributed by atoms with E-state index >= 15 is 0 Å². The summed E-state index contributed by atoms with van der Waals surface area (Å²) in [5.74, 6) is -1.50. The molecule has 0 radical (unpaired) electrons. The van der Waals surface area contributed by atoms with Gasteiger partial charge in [0.25, 0.3) is 0 Å². The number of anilines is 1. The van der Waals surface area contributed by atoms with Crippen LogP contribution in [0.2, 0.25) is 0 Å². The molecule has 1 aromatic carbocycles. The Balaban J connectivity index is 1.38. The van der Waals surface area contributed by atoms with Gasteiger partial charge in [-0.2, -0.15) is 11.3 Å². The third kappa shape index (κ3) is 5.61. The van der Waals surface area contributed by atoms with Crippen molar-refractivity contribution in [2.24, 2.45) is 5.92 Å². The Morgan fingerprint density at radius 1 is 1.22 bits per heavy atom. The minimum absolute atomic E-state index is 0.278. The van der Waals surface area contributed by atoms with Crippen molar-refractivity contribution < 1.29 is 14.0 Å². The zero-order chi connectivity index (χ0) is 19.2. The Morgan fingerprint density at radius 2 is 2.00 bits per heavy atom. The minimum atomic E-state index is -0.770. The Hall–Kier alpha value is -2.25. The third-order valence-electron chi connectivity index (χ3n) is 4.88. The molecule has 0 atom stereocenters. The fourth-order valence-corrected chi connectivity index (χ4v) is 3.83. The molecule has 1 aromatic heterocycles. The summed E-state index contributed by atoms with van der Waals surface area (Å²) in [6.45, 7) is 5.08. The Kier molecular flexibility index (Phi) is 6.58. The smallest absolute Gasteiger partial charge is 0.313 e. The Morgan fingerprint density at radius 3 is 2.67 bits per heavy atom. The van der Waals surface area contributed by atoms with Crippen LogP contribution in [0.5, 0.6) is 0 Å². The van der Waals surface area contributed by atoms with Crippen LogP contribution in [-0.4, -0.2) is 36.3 Å². The molecule has 7 heteroatoms. The van der Waals surface area contributed by atoms with Gasteiger partial charge < -0.3 is 10.6 Å². The third-order valence-corrected chi connectivity index (χ3v) is 5.61. The van der Waals surface area contributed by atoms with Gasteiger partial charge in [0.15, 0.2) is 0 Å². The van der Waals surface area contributed by atoms with E-state index in [1.165, 1.54) is 11.6 Å². The number of carbonyl (C=O) groups is 2. The van der Waals surface area contributed by atoms with Gasteiger partial charge in [-0.15, -0.1) is 0 Å². The van der Waals surface area contributed by atoms with Crippen LogP contribution in [0.3, 0.4) is 0 Å². The number of hydrogen-bond acceptors (Lipinski definition) is 4. The van der Waals surface area contributed by atoms with E-state index in [2.05, 4.69) is 32.4 Å². The summed E-state index contributed by atoms with van der Waals surface area (Å²) in [6, 6.07) is 6.50. The van der Waals surface area contributed by atoms with E-state index in [-0.39, 0.29) is 5.69 Å². The van der Waals surface area contributed by atoms with Gasteiger partial charge in [0.1, 0.15) is 5.82 Å². The number of carbonyl (C=O) groups excluding carboxylic acids is 2. The molecular formula is C20H24FN3O2S. The molecule has 3 rings (SSSR count). The maximum Gasteiger partial charge on any atom is 0.313 e. The van der Waals surface area contributed by atoms with Crippen molar-refractivity contribution in [2.75, 3.05) is 25.0 Å². The number of rotatable bonds is 5. The molecule has 0 spiro atoms. The molecule has 1 saturated heterocycles. The summed E-state index contributed by atoms with van der Waals surface area (Å²) in [5.41, 5.74) is 2.11. The van der Waals surface area contributed by atoms with Crippen molar-refractivity contribution in [1.82, 2.24) is 10.2 Å². The number of thiophene rings is 1. The first-order valence-electron chi connectivity index (χ1n) is 9.10. The molecule has 1 fully saturated rings. The molecule has 2 N–H and O–H groups in total. The van der Waals surface area contributed by atoms with Crippen molar-refractivity contribution in [3.63, 3.8) is 0 Å². The van der Waals surface area contributed by atoms with Crippen LogP contribution in [0.25, 0.3) is 0 Å². The van der Waals surface area contributed by atoms with E-state index in [1.54, 1.807) is 30.4 Å². The Labute approximate surface area is 162 Å². The zero-order valence-electron chi connectivity index (χ0n) is 15.3. The predicted molar refractivity (Wildman–Crippen MR) is 105 cm³/mol. The van der Waals surface area contributed by atoms with Crippen LogP contribution < -0.4 is 10.6 Å². The number of nitrogens with one attached hydrogen (secondary N) is 2. The highest BCUT2D eigenvalue weighted by Gasteiger charge is 2.21. The average molecular weight is 389 g/mol. The lowest BCUT2D eigenvalue weighted by molar-refractivity contribution is -0.136. The molecular weight excluding hydrogens is 365 g/mol. The molecule has 0 bridgehead atoms. The fourth-order valence-electron chi connectivity index (χ4n) is 3.17. The first kappa shape index (κ1) is 19.5. The summed E-state index contributed by atoms with van der Waals surface area (Å²) in [6.07, 6.45) is 1.99. The number of benzene rings is 1. The first-order valence-corrected chi connectivity index (χ1v) is 10.0. The van der Waals surface area contributed by atoms with Crippen LogP contribution in [0, 0.1) is 18.7 Å². The first-order chi connectivity index (χ1) is 13.0. The van der Waals surface area contributed by atoms with E-state index in [0.717, 1.165) is 32.5 Å². The second-order valence-electron chi connectivity index (χ2n) is 6.98. The molecule has 1 aliphatic heterocycles. The van der Waals surface area contributed by atoms with Gasteiger partial charge in [0.2, 0.25) is 0 Å². The number of hydrogen-bond donors (Lipinski definition) is 2. The Bertz CT molecular complexity index is 787. The second kappa shape index (κ2) is 9.10. The summed E-state index contributed by atoms with van der Waals surface area (Å²) in [7, 11) is 0. The van der Waals surface area contributed by atoms with Crippen LogP contribution in [0.4, 0.5) is 10.1 Å². The lowest BCUT2D eigenvalue weighted by atomic mass is 9.96. The van der Waals surface area contributed by atoms with Gasteiger partial charge in [-0.1, -0.05) is 6.07 Å². The zero-order valence-corrected chi connectivity index (χ0v) is 16.2. The van der Waals surface area contributed by atoms with Gasteiger partial charge >= 0.3 is 11.8 Å². The van der Waals surface area contributed by atoms with E-state index in [9.17, 15) is 14.0 Å². The lowest BCUT2D eigenvalue weighted by Crippen LogP contribution is -2.41. The summed E-state index contributed by atoms with van der Waals surface area (Å²) in [4.78, 5) is 26.4. The molecule has 1 aliphatic rings. The predicted octanol–water partition coefficient (Wildman–Crippen LogP) is 3.16. The van der Waals surface area contributed by atoms with Gasteiger partial charge in [0.05, 0.1) is 0 Å². The second-order valence-corrected chi connectivity index (χ2v) is 7.76. The minimum Gasteiger partial charge on any atom is -0.348 e. The number of halogens is 1. The number of nitrogens with zero attached hydrogens (tertiary/aromatic N) is 1. The van der Waals surface area contributed by atoms with Crippen LogP contribution in [-0.2, 0) is 16.1 Å². The molecule has 0 unspecified atom stereocenters. The van der Waals surface area contributed by atoms with Crippen molar-refractivity contribution in [3.8, 4) is 0 Å². The molecule has 0 aliphatic carbocycles. The van der Waals surface area contributed by atoms with Crippen molar-refractivity contribution in [1.29, 1.82) is 0 Å². The van der Waals surface area contributed by atoms with Gasteiger partial charge in [-0.3, -0.25) is 14.5 Å². The van der Waals surface area contributed by atoms with Crippen molar-refractivity contribution in [2.45, 2.75) is 26.3 Å². The molecule has 0 saturated carbocycles. The van der Waals surface area contributed by atoms with E-state index in [0.29, 0.717) is 18.0 Å². The average Bonchev–Trinajstić information content (AvgIpc) is 3.17. The van der Waals surface area contributed by atoms with Crippen LogP contribution in [0.15, 0.2) is 35.0 Å². The topological polar surface area (TPSA) is 61.4 Å². The maximum absolute atomic E-state index is 13.5. The lowest BCUT2D eigenvalue weighted by Gasteiger charge is -2.31. The van der Waals surface area contributed by atoms with E-state index in [4.69, 9.17) is 0 Å². The number of amides is 2. The summed E-state index contributed by atoms with van der Waals surface area (Å²) in [5, 5.41) is 9.39. The SMILES string of the molecule is Cc1ccc(NC(=O)C(=O)NCC2CCN(Cc3ccsc3)CC2)cc1F.